The highest BCUT2D eigenvalue weighted by Gasteiger charge is 2.21. The van der Waals surface area contributed by atoms with Gasteiger partial charge in [0.15, 0.2) is 0 Å². The molecule has 13 heavy (non-hydrogen) atoms. The number of anilines is 1. The van der Waals surface area contributed by atoms with Gasteiger partial charge in [-0.3, -0.25) is 15.1 Å². The van der Waals surface area contributed by atoms with Gasteiger partial charge in [-0.05, 0) is 0 Å². The van der Waals surface area contributed by atoms with Crippen LogP contribution in [-0.2, 0) is 0 Å². The monoisotopic (exact) mass is 189 g/mol. The summed E-state index contributed by atoms with van der Waals surface area (Å²) in [5, 5.41) is 10.2. The number of hydrogen-bond donors (Lipinski definition) is 1. The third kappa shape index (κ3) is 1.68. The van der Waals surface area contributed by atoms with Crippen LogP contribution in [0.2, 0.25) is 0 Å². The summed E-state index contributed by atoms with van der Waals surface area (Å²) in [5.74, 6) is 0. The average molecular weight is 189 g/mol. The number of alkyl halides is 2. The minimum Gasteiger partial charge on any atom is -0.391 e. The van der Waals surface area contributed by atoms with Gasteiger partial charge in [-0.15, -0.1) is 0 Å². The van der Waals surface area contributed by atoms with Gasteiger partial charge in [0.2, 0.25) is 0 Å². The molecule has 0 aliphatic carbocycles. The van der Waals surface area contributed by atoms with Crippen LogP contribution in [0.5, 0.6) is 0 Å². The van der Waals surface area contributed by atoms with Gasteiger partial charge in [0.1, 0.15) is 11.4 Å². The van der Waals surface area contributed by atoms with Gasteiger partial charge in [0.05, 0.1) is 4.92 Å². The lowest BCUT2D eigenvalue weighted by atomic mass is 10.2. The fourth-order valence-electron chi connectivity index (χ4n) is 0.812. The second-order valence-corrected chi connectivity index (χ2v) is 2.19. The van der Waals surface area contributed by atoms with Gasteiger partial charge >= 0.3 is 0 Å². The van der Waals surface area contributed by atoms with Crippen LogP contribution in [0.1, 0.15) is 12.1 Å². The summed E-state index contributed by atoms with van der Waals surface area (Å²) in [6.45, 7) is 0. The van der Waals surface area contributed by atoms with Crippen LogP contribution in [0.3, 0.4) is 0 Å². The summed E-state index contributed by atoms with van der Waals surface area (Å²) in [5.41, 5.74) is 3.21. The molecule has 1 heterocycles. The van der Waals surface area contributed by atoms with Crippen molar-refractivity contribution in [2.24, 2.45) is 0 Å². The third-order valence-corrected chi connectivity index (χ3v) is 1.40. The Morgan fingerprint density at radius 1 is 1.62 bits per heavy atom. The van der Waals surface area contributed by atoms with Crippen LogP contribution in [0.15, 0.2) is 12.3 Å². The van der Waals surface area contributed by atoms with E-state index >= 15 is 0 Å². The molecule has 7 heteroatoms. The van der Waals surface area contributed by atoms with E-state index in [1.165, 1.54) is 0 Å². The molecule has 1 aromatic rings. The van der Waals surface area contributed by atoms with Crippen molar-refractivity contribution >= 4 is 11.4 Å². The highest BCUT2D eigenvalue weighted by molar-refractivity contribution is 5.60. The maximum atomic E-state index is 12.1. The zero-order valence-electron chi connectivity index (χ0n) is 6.28. The number of nitro groups is 1. The molecule has 0 unspecified atom stereocenters. The number of pyridine rings is 1. The Balaban J connectivity index is 3.26. The Morgan fingerprint density at radius 3 is 2.69 bits per heavy atom. The number of halogens is 2. The number of hydrogen-bond acceptors (Lipinski definition) is 4. The van der Waals surface area contributed by atoms with Gasteiger partial charge in [-0.25, -0.2) is 8.78 Å². The van der Waals surface area contributed by atoms with Crippen LogP contribution in [0.4, 0.5) is 20.2 Å². The Bertz CT molecular complexity index is 343. The zero-order chi connectivity index (χ0) is 10.0. The summed E-state index contributed by atoms with van der Waals surface area (Å²) >= 11 is 0. The van der Waals surface area contributed by atoms with E-state index in [1.54, 1.807) is 0 Å². The first kappa shape index (κ1) is 9.30. The lowest BCUT2D eigenvalue weighted by molar-refractivity contribution is -0.384. The second-order valence-electron chi connectivity index (χ2n) is 2.19. The first-order chi connectivity index (χ1) is 6.04. The maximum Gasteiger partial charge on any atom is 0.295 e. The van der Waals surface area contributed by atoms with Gasteiger partial charge in [-0.2, -0.15) is 0 Å². The van der Waals surface area contributed by atoms with E-state index in [2.05, 4.69) is 4.98 Å². The molecule has 0 bridgehead atoms. The van der Waals surface area contributed by atoms with Crippen molar-refractivity contribution in [3.8, 4) is 0 Å². The summed E-state index contributed by atoms with van der Waals surface area (Å²) in [7, 11) is 0. The number of nitrogen functional groups attached to an aromatic ring is 1. The van der Waals surface area contributed by atoms with Crippen LogP contribution in [0.25, 0.3) is 0 Å². The van der Waals surface area contributed by atoms with E-state index in [1.807, 2.05) is 0 Å². The van der Waals surface area contributed by atoms with E-state index in [4.69, 9.17) is 5.73 Å². The maximum absolute atomic E-state index is 12.1. The van der Waals surface area contributed by atoms with Crippen molar-refractivity contribution in [3.05, 3.63) is 28.1 Å². The Hall–Kier alpha value is -1.79. The van der Waals surface area contributed by atoms with Crippen molar-refractivity contribution in [2.45, 2.75) is 6.43 Å². The Kier molecular flexibility index (Phi) is 2.36. The number of nitrogens with two attached hydrogens (primary N) is 1. The molecule has 0 saturated heterocycles. The molecule has 0 saturated carbocycles. The molecule has 1 rings (SSSR count). The van der Waals surface area contributed by atoms with Crippen molar-refractivity contribution in [2.75, 3.05) is 5.73 Å². The fraction of sp³-hybridized carbons (Fsp3) is 0.167. The average Bonchev–Trinajstić information content (AvgIpc) is 2.03. The van der Waals surface area contributed by atoms with Gasteiger partial charge < -0.3 is 5.73 Å². The van der Waals surface area contributed by atoms with Crippen molar-refractivity contribution in [3.63, 3.8) is 0 Å². The standard InChI is InChI=1S/C6H5F2N3O2/c7-6(8)5-4(9)3(11(12)13)1-2-10-5/h1-2,6H,9H2. The SMILES string of the molecule is Nc1c([N+](=O)[O-])ccnc1C(F)F. The normalized spacial score (nSPS) is 10.4. The molecule has 1 aromatic heterocycles. The molecule has 2 N–H and O–H groups in total. The van der Waals surface area contributed by atoms with Crippen LogP contribution in [-0.4, -0.2) is 9.91 Å². The van der Waals surface area contributed by atoms with Gasteiger partial charge in [-0.1, -0.05) is 0 Å². The fourth-order valence-corrected chi connectivity index (χ4v) is 0.812. The Morgan fingerprint density at radius 2 is 2.23 bits per heavy atom. The zero-order valence-corrected chi connectivity index (χ0v) is 6.28. The molecule has 0 aliphatic heterocycles. The molecule has 0 aliphatic rings. The van der Waals surface area contributed by atoms with Crippen LogP contribution in [0, 0.1) is 10.1 Å². The van der Waals surface area contributed by atoms with E-state index in [0.717, 1.165) is 12.3 Å². The highest BCUT2D eigenvalue weighted by atomic mass is 19.3. The molecule has 0 radical (unpaired) electrons. The molecule has 70 valence electrons. The van der Waals surface area contributed by atoms with Crippen molar-refractivity contribution in [1.82, 2.24) is 4.98 Å². The van der Waals surface area contributed by atoms with E-state index in [9.17, 15) is 18.9 Å². The minimum absolute atomic E-state index is 0.551. The number of rotatable bonds is 2. The minimum atomic E-state index is -2.90. The smallest absolute Gasteiger partial charge is 0.295 e. The van der Waals surface area contributed by atoms with Gasteiger partial charge in [0.25, 0.3) is 12.1 Å². The lowest BCUT2D eigenvalue weighted by Gasteiger charge is -2.02. The predicted molar refractivity (Wildman–Crippen MR) is 40.3 cm³/mol. The summed E-state index contributed by atoms with van der Waals surface area (Å²) < 4.78 is 24.2. The highest BCUT2D eigenvalue weighted by Crippen LogP contribution is 2.29. The molecule has 5 nitrogen and oxygen atoms in total. The molecule has 0 fully saturated rings. The van der Waals surface area contributed by atoms with E-state index < -0.39 is 28.4 Å². The summed E-state index contributed by atoms with van der Waals surface area (Å²) in [6.07, 6.45) is -1.98. The number of nitrogens with zero attached hydrogens (tertiary/aromatic N) is 2. The molecule has 0 aromatic carbocycles. The quantitative estimate of drug-likeness (QED) is 0.564. The lowest BCUT2D eigenvalue weighted by Crippen LogP contribution is -2.02. The molecular formula is C6H5F2N3O2. The number of aromatic nitrogens is 1. The molecule has 0 atom stereocenters. The summed E-state index contributed by atoms with van der Waals surface area (Å²) in [6, 6.07) is 0.973. The van der Waals surface area contributed by atoms with Gasteiger partial charge in [0, 0.05) is 12.3 Å². The molecular weight excluding hydrogens is 184 g/mol. The topological polar surface area (TPSA) is 82.0 Å². The second kappa shape index (κ2) is 3.30. The first-order valence-corrected chi connectivity index (χ1v) is 3.21. The van der Waals surface area contributed by atoms with Crippen molar-refractivity contribution in [1.29, 1.82) is 0 Å². The molecule has 0 spiro atoms. The first-order valence-electron chi connectivity index (χ1n) is 3.21. The van der Waals surface area contributed by atoms with Crippen LogP contribution >= 0.6 is 0 Å². The summed E-state index contributed by atoms with van der Waals surface area (Å²) in [4.78, 5) is 12.7. The molecule has 0 amide bonds. The Labute approximate surface area is 71.3 Å². The van der Waals surface area contributed by atoms with Crippen molar-refractivity contribution < 1.29 is 13.7 Å². The predicted octanol–water partition coefficient (Wildman–Crippen LogP) is 1.51. The van der Waals surface area contributed by atoms with Crippen LogP contribution < -0.4 is 5.73 Å². The largest absolute Gasteiger partial charge is 0.391 e. The van der Waals surface area contributed by atoms with E-state index in [-0.39, 0.29) is 0 Å². The third-order valence-electron chi connectivity index (χ3n) is 1.40. The van der Waals surface area contributed by atoms with E-state index in [0.29, 0.717) is 0 Å².